The maximum absolute atomic E-state index is 12.5. The lowest BCUT2D eigenvalue weighted by Crippen LogP contribution is -2.44. The number of nitrogens with zero attached hydrogens (tertiary/aromatic N) is 5. The molecule has 1 aromatic carbocycles. The highest BCUT2D eigenvalue weighted by Gasteiger charge is 2.28. The maximum Gasteiger partial charge on any atom is 0.319 e. The fourth-order valence-electron chi connectivity index (χ4n) is 4.19. The number of pyridine rings is 1. The van der Waals surface area contributed by atoms with Crippen LogP contribution in [-0.2, 0) is 0 Å². The summed E-state index contributed by atoms with van der Waals surface area (Å²) in [6.45, 7) is 4.49. The quantitative estimate of drug-likeness (QED) is 0.700. The van der Waals surface area contributed by atoms with Crippen molar-refractivity contribution < 1.29 is 4.79 Å². The molecule has 1 saturated heterocycles. The third kappa shape index (κ3) is 3.50. The van der Waals surface area contributed by atoms with Gasteiger partial charge in [0.15, 0.2) is 0 Å². The molecule has 1 unspecified atom stereocenters. The average molecular weight is 403 g/mol. The van der Waals surface area contributed by atoms with Crippen LogP contribution >= 0.6 is 0 Å². The third-order valence-electron chi connectivity index (χ3n) is 5.89. The molecule has 8 heteroatoms. The Bertz CT molecular complexity index is 1040. The van der Waals surface area contributed by atoms with Crippen LogP contribution in [0.1, 0.15) is 11.6 Å². The Labute approximate surface area is 175 Å². The highest BCUT2D eigenvalue weighted by molar-refractivity contribution is 5.89. The minimum Gasteiger partial charge on any atom is -0.354 e. The van der Waals surface area contributed by atoms with E-state index in [1.54, 1.807) is 6.20 Å². The van der Waals surface area contributed by atoms with E-state index in [0.29, 0.717) is 12.2 Å². The van der Waals surface area contributed by atoms with Gasteiger partial charge in [0.1, 0.15) is 5.82 Å². The molecule has 4 heterocycles. The largest absolute Gasteiger partial charge is 0.354 e. The molecule has 2 N–H and O–H groups in total. The van der Waals surface area contributed by atoms with E-state index in [4.69, 9.17) is 0 Å². The lowest BCUT2D eigenvalue weighted by atomic mass is 10.0. The van der Waals surface area contributed by atoms with Crippen LogP contribution in [0.15, 0.2) is 55.1 Å². The molecule has 2 aromatic heterocycles. The number of likely N-dealkylation sites (N-methyl/N-ethyl adjacent to an activating group) is 1. The number of piperazine rings is 1. The van der Waals surface area contributed by atoms with Gasteiger partial charge in [-0.15, -0.1) is 0 Å². The number of carbonyl (C=O) groups excluding carboxylic acids is 1. The molecular weight excluding hydrogens is 378 g/mol. The van der Waals surface area contributed by atoms with Gasteiger partial charge in [-0.25, -0.2) is 14.8 Å². The first kappa shape index (κ1) is 18.6. The van der Waals surface area contributed by atoms with Crippen molar-refractivity contribution >= 4 is 17.5 Å². The Morgan fingerprint density at radius 1 is 1.10 bits per heavy atom. The number of imidazole rings is 1. The smallest absolute Gasteiger partial charge is 0.319 e. The minimum absolute atomic E-state index is 0.0437. The molecule has 1 fully saturated rings. The fraction of sp³-hybridized carbons (Fsp3) is 0.318. The van der Waals surface area contributed by atoms with Crippen molar-refractivity contribution in [3.8, 4) is 11.3 Å². The average Bonchev–Trinajstić information content (AvgIpc) is 3.35. The van der Waals surface area contributed by atoms with Gasteiger partial charge in [-0.2, -0.15) is 0 Å². The molecule has 0 radical (unpaired) electrons. The molecule has 0 bridgehead atoms. The molecule has 3 aromatic rings. The van der Waals surface area contributed by atoms with E-state index < -0.39 is 0 Å². The molecule has 30 heavy (non-hydrogen) atoms. The fourth-order valence-corrected chi connectivity index (χ4v) is 4.19. The van der Waals surface area contributed by atoms with Crippen molar-refractivity contribution in [2.24, 2.45) is 0 Å². The van der Waals surface area contributed by atoms with Crippen LogP contribution in [0.25, 0.3) is 11.3 Å². The van der Waals surface area contributed by atoms with Crippen LogP contribution < -0.4 is 15.5 Å². The summed E-state index contributed by atoms with van der Waals surface area (Å²) in [5.74, 6) is 0.948. The summed E-state index contributed by atoms with van der Waals surface area (Å²) in [6.07, 6.45) is 5.40. The third-order valence-corrected chi connectivity index (χ3v) is 5.89. The van der Waals surface area contributed by atoms with Crippen molar-refractivity contribution in [1.29, 1.82) is 0 Å². The van der Waals surface area contributed by atoms with Gasteiger partial charge in [-0.05, 0) is 24.7 Å². The molecule has 1 atom stereocenters. The maximum atomic E-state index is 12.5. The van der Waals surface area contributed by atoms with E-state index in [2.05, 4.69) is 54.1 Å². The molecule has 0 saturated carbocycles. The van der Waals surface area contributed by atoms with Gasteiger partial charge in [-0.3, -0.25) is 0 Å². The normalized spacial score (nSPS) is 18.0. The molecule has 0 aliphatic carbocycles. The number of rotatable bonds is 4. The number of amides is 2. The molecular formula is C22H25N7O. The van der Waals surface area contributed by atoms with Gasteiger partial charge in [0.2, 0.25) is 0 Å². The second-order valence-corrected chi connectivity index (χ2v) is 7.82. The number of benzene rings is 1. The van der Waals surface area contributed by atoms with Crippen molar-refractivity contribution in [2.45, 2.75) is 6.04 Å². The van der Waals surface area contributed by atoms with Crippen LogP contribution in [0, 0.1) is 0 Å². The predicted octanol–water partition coefficient (Wildman–Crippen LogP) is 2.42. The summed E-state index contributed by atoms with van der Waals surface area (Å²) in [6, 6.07) is 11.9. The van der Waals surface area contributed by atoms with Gasteiger partial charge in [0.25, 0.3) is 0 Å². The molecule has 154 valence electrons. The molecule has 2 amide bonds. The van der Waals surface area contributed by atoms with E-state index in [1.165, 1.54) is 11.1 Å². The zero-order valence-electron chi connectivity index (χ0n) is 17.0. The second-order valence-electron chi connectivity index (χ2n) is 7.82. The standard InChI is InChI=1S/C22H25N7O/c1-27-8-10-28(11-9-27)21-7-6-16(12-24-21)26-22(30)25-14-20-18-5-3-2-4-17(18)19-13-23-15-29(19)20/h2-7,12-13,15,20H,8-11,14H2,1H3,(H2,25,26,30). The SMILES string of the molecule is CN1CCN(c2ccc(NC(=O)NCC3c4ccccc4-c4cncn43)cn2)CC1. The zero-order chi connectivity index (χ0) is 20.5. The summed E-state index contributed by atoms with van der Waals surface area (Å²) in [7, 11) is 2.13. The van der Waals surface area contributed by atoms with E-state index >= 15 is 0 Å². The summed E-state index contributed by atoms with van der Waals surface area (Å²) in [4.78, 5) is 25.8. The minimum atomic E-state index is -0.241. The topological polar surface area (TPSA) is 78.3 Å². The molecule has 2 aliphatic heterocycles. The molecule has 8 nitrogen and oxygen atoms in total. The summed E-state index contributed by atoms with van der Waals surface area (Å²) < 4.78 is 2.11. The molecule has 5 rings (SSSR count). The number of carbonyl (C=O) groups is 1. The van der Waals surface area contributed by atoms with Crippen molar-refractivity contribution in [1.82, 2.24) is 24.8 Å². The van der Waals surface area contributed by atoms with Gasteiger partial charge >= 0.3 is 6.03 Å². The Kier molecular flexibility index (Phi) is 4.84. The first-order valence-corrected chi connectivity index (χ1v) is 10.2. The van der Waals surface area contributed by atoms with Crippen molar-refractivity contribution in [2.75, 3.05) is 50.0 Å². The van der Waals surface area contributed by atoms with E-state index in [0.717, 1.165) is 37.7 Å². The summed E-state index contributed by atoms with van der Waals surface area (Å²) in [5.41, 5.74) is 4.14. The first-order valence-electron chi connectivity index (χ1n) is 10.2. The second kappa shape index (κ2) is 7.79. The van der Waals surface area contributed by atoms with Gasteiger partial charge in [0, 0.05) is 38.3 Å². The molecule has 2 aliphatic rings. The Hall–Kier alpha value is -3.39. The summed E-state index contributed by atoms with van der Waals surface area (Å²) >= 11 is 0. The molecule has 0 spiro atoms. The number of anilines is 2. The predicted molar refractivity (Wildman–Crippen MR) is 117 cm³/mol. The van der Waals surface area contributed by atoms with E-state index in [1.807, 2.05) is 36.8 Å². The number of aromatic nitrogens is 3. The number of nitrogens with one attached hydrogen (secondary N) is 2. The van der Waals surface area contributed by atoms with Gasteiger partial charge in [0.05, 0.1) is 36.1 Å². The number of hydrogen-bond acceptors (Lipinski definition) is 5. The van der Waals surface area contributed by atoms with E-state index in [-0.39, 0.29) is 12.1 Å². The number of urea groups is 1. The summed E-state index contributed by atoms with van der Waals surface area (Å²) in [5, 5.41) is 5.87. The van der Waals surface area contributed by atoms with Crippen molar-refractivity contribution in [3.63, 3.8) is 0 Å². The van der Waals surface area contributed by atoms with E-state index in [9.17, 15) is 4.79 Å². The van der Waals surface area contributed by atoms with Crippen molar-refractivity contribution in [3.05, 3.63) is 60.7 Å². The van der Waals surface area contributed by atoms with Crippen LogP contribution in [-0.4, -0.2) is 65.2 Å². The Morgan fingerprint density at radius 2 is 1.93 bits per heavy atom. The highest BCUT2D eigenvalue weighted by atomic mass is 16.2. The Morgan fingerprint density at radius 3 is 2.73 bits per heavy atom. The van der Waals surface area contributed by atoms with Crippen LogP contribution in [0.4, 0.5) is 16.3 Å². The highest BCUT2D eigenvalue weighted by Crippen LogP contribution is 2.38. The van der Waals surface area contributed by atoms with Gasteiger partial charge in [-0.1, -0.05) is 24.3 Å². The van der Waals surface area contributed by atoms with Crippen LogP contribution in [0.5, 0.6) is 0 Å². The Balaban J connectivity index is 1.19. The van der Waals surface area contributed by atoms with Crippen LogP contribution in [0.3, 0.4) is 0 Å². The first-order chi connectivity index (χ1) is 14.7. The number of fused-ring (bicyclic) bond motifs is 3. The van der Waals surface area contributed by atoms with Crippen LogP contribution in [0.2, 0.25) is 0 Å². The number of hydrogen-bond donors (Lipinski definition) is 2. The monoisotopic (exact) mass is 403 g/mol. The zero-order valence-corrected chi connectivity index (χ0v) is 17.0. The lowest BCUT2D eigenvalue weighted by Gasteiger charge is -2.33. The lowest BCUT2D eigenvalue weighted by molar-refractivity contribution is 0.251. The van der Waals surface area contributed by atoms with Gasteiger partial charge < -0.3 is 25.0 Å².